The first-order valence-electron chi connectivity index (χ1n) is 5.72. The zero-order valence-corrected chi connectivity index (χ0v) is 10.0. The lowest BCUT2D eigenvalue weighted by Gasteiger charge is -2.31. The number of nitrogens with two attached hydrogens (primary N) is 1. The molecule has 3 N–H and O–H groups in total. The van der Waals surface area contributed by atoms with Crippen molar-refractivity contribution in [2.24, 2.45) is 0 Å². The van der Waals surface area contributed by atoms with Crippen LogP contribution in [-0.4, -0.2) is 46.2 Å². The van der Waals surface area contributed by atoms with Crippen LogP contribution >= 0.6 is 0 Å². The molecular formula is C10H15N5O3. The van der Waals surface area contributed by atoms with E-state index in [1.807, 2.05) is 0 Å². The first-order chi connectivity index (χ1) is 8.58. The highest BCUT2D eigenvalue weighted by Gasteiger charge is 2.24. The molecule has 0 aliphatic carbocycles. The number of rotatable bonds is 2. The summed E-state index contributed by atoms with van der Waals surface area (Å²) in [5, 5.41) is 9.58. The zero-order chi connectivity index (χ0) is 13.1. The lowest BCUT2D eigenvalue weighted by molar-refractivity contribution is -0.129. The second-order valence-corrected chi connectivity index (χ2v) is 4.25. The van der Waals surface area contributed by atoms with Crippen molar-refractivity contribution >= 4 is 17.6 Å². The number of nitrogen functional groups attached to an aromatic ring is 1. The van der Waals surface area contributed by atoms with Crippen LogP contribution in [0, 0.1) is 0 Å². The summed E-state index contributed by atoms with van der Waals surface area (Å²) in [4.78, 5) is 24.7. The maximum absolute atomic E-state index is 11.8. The molecule has 0 atom stereocenters. The molecule has 2 heterocycles. The summed E-state index contributed by atoms with van der Waals surface area (Å²) in [7, 11) is 0. The van der Waals surface area contributed by atoms with Crippen molar-refractivity contribution < 1.29 is 14.2 Å². The van der Waals surface area contributed by atoms with Gasteiger partial charge in [0, 0.05) is 26.1 Å². The molecule has 18 heavy (non-hydrogen) atoms. The Morgan fingerprint density at radius 3 is 2.56 bits per heavy atom. The van der Waals surface area contributed by atoms with Crippen LogP contribution < -0.4 is 11.1 Å². The van der Waals surface area contributed by atoms with Gasteiger partial charge in [0.15, 0.2) is 0 Å². The molecule has 1 saturated heterocycles. The van der Waals surface area contributed by atoms with Gasteiger partial charge in [-0.25, -0.2) is 4.63 Å². The minimum atomic E-state index is -0.393. The number of aromatic nitrogens is 2. The third-order valence-electron chi connectivity index (χ3n) is 3.00. The van der Waals surface area contributed by atoms with Crippen molar-refractivity contribution in [3.05, 3.63) is 5.69 Å². The average molecular weight is 253 g/mol. The van der Waals surface area contributed by atoms with Crippen LogP contribution in [0.2, 0.25) is 0 Å². The van der Waals surface area contributed by atoms with E-state index in [1.165, 1.54) is 0 Å². The number of nitrogens with one attached hydrogen (secondary N) is 1. The molecule has 2 amide bonds. The highest BCUT2D eigenvalue weighted by atomic mass is 16.6. The van der Waals surface area contributed by atoms with Gasteiger partial charge in [0.1, 0.15) is 0 Å². The van der Waals surface area contributed by atoms with Gasteiger partial charge in [0.05, 0.1) is 0 Å². The molecule has 0 aromatic carbocycles. The summed E-state index contributed by atoms with van der Waals surface area (Å²) in [6, 6.07) is 0.0178. The molecule has 0 bridgehead atoms. The van der Waals surface area contributed by atoms with Gasteiger partial charge in [-0.1, -0.05) is 0 Å². The van der Waals surface area contributed by atoms with E-state index >= 15 is 0 Å². The van der Waals surface area contributed by atoms with E-state index in [4.69, 9.17) is 5.73 Å². The minimum absolute atomic E-state index is 0.00370. The molecule has 0 saturated carbocycles. The smallest absolute Gasteiger partial charge is 0.277 e. The van der Waals surface area contributed by atoms with E-state index in [9.17, 15) is 9.59 Å². The van der Waals surface area contributed by atoms with Crippen LogP contribution in [0.25, 0.3) is 0 Å². The first kappa shape index (κ1) is 12.3. The number of carbonyl (C=O) groups is 2. The van der Waals surface area contributed by atoms with E-state index in [2.05, 4.69) is 20.3 Å². The zero-order valence-electron chi connectivity index (χ0n) is 10.0. The fourth-order valence-corrected chi connectivity index (χ4v) is 1.95. The molecule has 1 aromatic heterocycles. The molecule has 8 heteroatoms. The molecule has 1 fully saturated rings. The van der Waals surface area contributed by atoms with E-state index < -0.39 is 5.91 Å². The predicted octanol–water partition coefficient (Wildman–Crippen LogP) is -0.607. The standard InChI is InChI=1S/C10H15N5O3/c1-6(16)15-4-2-7(3-5-15)12-10(17)8-9(11)14-18-13-8/h7H,2-5H2,1H3,(H2,11,14)(H,12,17). The van der Waals surface area contributed by atoms with Crippen molar-refractivity contribution in [3.63, 3.8) is 0 Å². The third-order valence-corrected chi connectivity index (χ3v) is 3.00. The number of amides is 2. The van der Waals surface area contributed by atoms with Gasteiger partial charge in [0.25, 0.3) is 5.91 Å². The van der Waals surface area contributed by atoms with Crippen molar-refractivity contribution in [1.82, 2.24) is 20.5 Å². The van der Waals surface area contributed by atoms with Crippen molar-refractivity contribution in [2.75, 3.05) is 18.8 Å². The van der Waals surface area contributed by atoms with E-state index in [-0.39, 0.29) is 23.5 Å². The van der Waals surface area contributed by atoms with Crippen molar-refractivity contribution in [2.45, 2.75) is 25.8 Å². The predicted molar refractivity (Wildman–Crippen MR) is 61.5 cm³/mol. The van der Waals surface area contributed by atoms with Gasteiger partial charge >= 0.3 is 0 Å². The number of likely N-dealkylation sites (tertiary alicyclic amines) is 1. The quantitative estimate of drug-likeness (QED) is 0.726. The Hall–Kier alpha value is -2.12. The molecule has 1 aliphatic rings. The molecule has 8 nitrogen and oxygen atoms in total. The summed E-state index contributed by atoms with van der Waals surface area (Å²) >= 11 is 0. The Morgan fingerprint density at radius 2 is 2.06 bits per heavy atom. The molecule has 0 radical (unpaired) electrons. The first-order valence-corrected chi connectivity index (χ1v) is 5.72. The molecule has 98 valence electrons. The Morgan fingerprint density at radius 1 is 1.39 bits per heavy atom. The number of nitrogens with zero attached hydrogens (tertiary/aromatic N) is 3. The minimum Gasteiger partial charge on any atom is -0.379 e. The van der Waals surface area contributed by atoms with Crippen LogP contribution in [0.1, 0.15) is 30.3 Å². The molecule has 1 aromatic rings. The number of hydrogen-bond acceptors (Lipinski definition) is 6. The van der Waals surface area contributed by atoms with E-state index in [1.54, 1.807) is 11.8 Å². The van der Waals surface area contributed by atoms with Crippen LogP contribution in [-0.2, 0) is 4.79 Å². The number of anilines is 1. The van der Waals surface area contributed by atoms with Crippen LogP contribution in [0.4, 0.5) is 5.82 Å². The summed E-state index contributed by atoms with van der Waals surface area (Å²) < 4.78 is 4.37. The number of piperidine rings is 1. The van der Waals surface area contributed by atoms with Crippen molar-refractivity contribution in [3.8, 4) is 0 Å². The number of carbonyl (C=O) groups excluding carboxylic acids is 2. The van der Waals surface area contributed by atoms with Gasteiger partial charge in [-0.3, -0.25) is 9.59 Å². The SMILES string of the molecule is CC(=O)N1CCC(NC(=O)c2nonc2N)CC1. The van der Waals surface area contributed by atoms with Crippen LogP contribution in [0.15, 0.2) is 4.63 Å². The van der Waals surface area contributed by atoms with Crippen LogP contribution in [0.3, 0.4) is 0 Å². The second-order valence-electron chi connectivity index (χ2n) is 4.25. The second kappa shape index (κ2) is 5.03. The Kier molecular flexibility index (Phi) is 3.45. The number of hydrogen-bond donors (Lipinski definition) is 2. The Labute approximate surface area is 103 Å². The summed E-state index contributed by atoms with van der Waals surface area (Å²) in [5.74, 6) is -0.353. The molecular weight excluding hydrogens is 238 g/mol. The normalized spacial score (nSPS) is 16.6. The average Bonchev–Trinajstić information content (AvgIpc) is 2.76. The fraction of sp³-hybridized carbons (Fsp3) is 0.600. The van der Waals surface area contributed by atoms with Gasteiger partial charge in [0.2, 0.25) is 17.4 Å². The monoisotopic (exact) mass is 253 g/mol. The van der Waals surface area contributed by atoms with Gasteiger partial charge in [-0.2, -0.15) is 0 Å². The molecule has 1 aliphatic heterocycles. The highest BCUT2D eigenvalue weighted by Crippen LogP contribution is 2.12. The maximum Gasteiger partial charge on any atom is 0.277 e. The summed E-state index contributed by atoms with van der Waals surface area (Å²) in [6.07, 6.45) is 1.44. The maximum atomic E-state index is 11.8. The van der Waals surface area contributed by atoms with E-state index in [0.29, 0.717) is 13.1 Å². The molecule has 2 rings (SSSR count). The lowest BCUT2D eigenvalue weighted by atomic mass is 10.0. The van der Waals surface area contributed by atoms with Gasteiger partial charge < -0.3 is 16.0 Å². The van der Waals surface area contributed by atoms with Crippen LogP contribution in [0.5, 0.6) is 0 Å². The fourth-order valence-electron chi connectivity index (χ4n) is 1.95. The van der Waals surface area contributed by atoms with Gasteiger partial charge in [-0.05, 0) is 23.2 Å². The summed E-state index contributed by atoms with van der Waals surface area (Å²) in [6.45, 7) is 2.83. The Balaban J connectivity index is 1.87. The topological polar surface area (TPSA) is 114 Å². The lowest BCUT2D eigenvalue weighted by Crippen LogP contribution is -2.46. The summed E-state index contributed by atoms with van der Waals surface area (Å²) in [5.41, 5.74) is 5.43. The van der Waals surface area contributed by atoms with Gasteiger partial charge in [-0.15, -0.1) is 0 Å². The largest absolute Gasteiger partial charge is 0.379 e. The Bertz CT molecular complexity index is 450. The van der Waals surface area contributed by atoms with Crippen molar-refractivity contribution in [1.29, 1.82) is 0 Å². The molecule has 0 spiro atoms. The van der Waals surface area contributed by atoms with E-state index in [0.717, 1.165) is 12.8 Å². The highest BCUT2D eigenvalue weighted by molar-refractivity contribution is 5.96. The molecule has 0 unspecified atom stereocenters. The third kappa shape index (κ3) is 2.58.